The molecule has 0 atom stereocenters. The fraction of sp³-hybridized carbons (Fsp3) is 0.118. The molecular weight excluding hydrogens is 335 g/mol. The topological polar surface area (TPSA) is 65.2 Å². The van der Waals surface area contributed by atoms with E-state index in [2.05, 4.69) is 10.1 Å². The largest absolute Gasteiger partial charge is 0.455 e. The van der Waals surface area contributed by atoms with Gasteiger partial charge < -0.3 is 9.26 Å². The minimum absolute atomic E-state index is 0.0347. The van der Waals surface area contributed by atoms with Crippen LogP contribution >= 0.6 is 11.6 Å². The number of carbonyl (C=O) groups is 1. The molecule has 0 unspecified atom stereocenters. The second kappa shape index (κ2) is 7.23. The SMILES string of the molecule is O=C(Cc1cccc(F)c1)OCc1nc(-c2cccc(Cl)c2)no1. The molecule has 3 rings (SSSR count). The van der Waals surface area contributed by atoms with Gasteiger partial charge in [0.05, 0.1) is 6.42 Å². The first-order chi connectivity index (χ1) is 11.6. The summed E-state index contributed by atoms with van der Waals surface area (Å²) in [6.07, 6.45) is -0.0347. The molecule has 3 aromatic rings. The van der Waals surface area contributed by atoms with E-state index in [0.717, 1.165) is 0 Å². The number of esters is 1. The molecule has 0 aliphatic rings. The standard InChI is InChI=1S/C17H12ClFN2O3/c18-13-5-2-4-12(9-13)17-20-15(24-21-17)10-23-16(22)8-11-3-1-6-14(19)7-11/h1-7,9H,8,10H2. The summed E-state index contributed by atoms with van der Waals surface area (Å²) in [6, 6.07) is 12.8. The van der Waals surface area contributed by atoms with Gasteiger partial charge in [-0.05, 0) is 29.8 Å². The van der Waals surface area contributed by atoms with E-state index in [1.165, 1.54) is 18.2 Å². The smallest absolute Gasteiger partial charge is 0.310 e. The number of hydrogen-bond donors (Lipinski definition) is 0. The minimum atomic E-state index is -0.511. The Bertz CT molecular complexity index is 866. The molecule has 0 bridgehead atoms. The van der Waals surface area contributed by atoms with Crippen LogP contribution in [0.2, 0.25) is 5.02 Å². The van der Waals surface area contributed by atoms with Crippen LogP contribution in [-0.2, 0) is 22.6 Å². The van der Waals surface area contributed by atoms with Crippen molar-refractivity contribution in [1.29, 1.82) is 0 Å². The maximum absolute atomic E-state index is 13.1. The highest BCUT2D eigenvalue weighted by Crippen LogP contribution is 2.20. The summed E-state index contributed by atoms with van der Waals surface area (Å²) in [4.78, 5) is 15.9. The lowest BCUT2D eigenvalue weighted by atomic mass is 10.1. The Kier molecular flexibility index (Phi) is 4.86. The van der Waals surface area contributed by atoms with Gasteiger partial charge in [0.15, 0.2) is 6.61 Å². The molecule has 0 spiro atoms. The molecule has 0 radical (unpaired) electrons. The molecule has 0 saturated carbocycles. The minimum Gasteiger partial charge on any atom is -0.455 e. The monoisotopic (exact) mass is 346 g/mol. The molecule has 0 saturated heterocycles. The molecule has 0 N–H and O–H groups in total. The van der Waals surface area contributed by atoms with Crippen LogP contribution < -0.4 is 0 Å². The highest BCUT2D eigenvalue weighted by Gasteiger charge is 2.12. The average molecular weight is 347 g/mol. The third-order valence-electron chi connectivity index (χ3n) is 3.15. The summed E-state index contributed by atoms with van der Waals surface area (Å²) < 4.78 is 23.2. The fourth-order valence-electron chi connectivity index (χ4n) is 2.07. The number of aromatic nitrogens is 2. The zero-order valence-corrected chi connectivity index (χ0v) is 13.2. The highest BCUT2D eigenvalue weighted by atomic mass is 35.5. The van der Waals surface area contributed by atoms with Gasteiger partial charge >= 0.3 is 5.97 Å². The van der Waals surface area contributed by atoms with E-state index >= 15 is 0 Å². The summed E-state index contributed by atoms with van der Waals surface area (Å²) in [6.45, 7) is -0.151. The van der Waals surface area contributed by atoms with Crippen molar-refractivity contribution in [1.82, 2.24) is 10.1 Å². The number of halogens is 2. The molecule has 0 aliphatic carbocycles. The van der Waals surface area contributed by atoms with E-state index in [9.17, 15) is 9.18 Å². The third-order valence-corrected chi connectivity index (χ3v) is 3.38. The van der Waals surface area contributed by atoms with Gasteiger partial charge in [-0.2, -0.15) is 4.98 Å². The molecule has 122 valence electrons. The van der Waals surface area contributed by atoms with E-state index in [-0.39, 0.29) is 18.9 Å². The van der Waals surface area contributed by atoms with Crippen molar-refractivity contribution in [2.24, 2.45) is 0 Å². The third kappa shape index (κ3) is 4.17. The van der Waals surface area contributed by atoms with E-state index in [1.807, 2.05) is 0 Å². The Morgan fingerprint density at radius 3 is 2.83 bits per heavy atom. The summed E-state index contributed by atoms with van der Waals surface area (Å²) in [5, 5.41) is 4.37. The normalized spacial score (nSPS) is 10.6. The molecule has 2 aromatic carbocycles. The van der Waals surface area contributed by atoms with E-state index < -0.39 is 11.8 Å². The Hall–Kier alpha value is -2.73. The van der Waals surface area contributed by atoms with Crippen LogP contribution in [0.5, 0.6) is 0 Å². The van der Waals surface area contributed by atoms with Gasteiger partial charge in [0, 0.05) is 10.6 Å². The zero-order chi connectivity index (χ0) is 16.9. The van der Waals surface area contributed by atoms with Gasteiger partial charge in [-0.3, -0.25) is 4.79 Å². The number of ether oxygens (including phenoxy) is 1. The van der Waals surface area contributed by atoms with E-state index in [0.29, 0.717) is 22.0 Å². The second-order valence-electron chi connectivity index (χ2n) is 4.99. The van der Waals surface area contributed by atoms with Crippen LogP contribution in [0.4, 0.5) is 4.39 Å². The van der Waals surface area contributed by atoms with Crippen LogP contribution in [0.25, 0.3) is 11.4 Å². The molecule has 0 aliphatic heterocycles. The predicted octanol–water partition coefficient (Wildman–Crippen LogP) is 3.82. The van der Waals surface area contributed by atoms with Gasteiger partial charge in [0.2, 0.25) is 5.82 Å². The first-order valence-corrected chi connectivity index (χ1v) is 7.46. The number of carbonyl (C=O) groups excluding carboxylic acids is 1. The molecule has 0 amide bonds. The molecule has 24 heavy (non-hydrogen) atoms. The van der Waals surface area contributed by atoms with Gasteiger partial charge in [0.25, 0.3) is 5.89 Å². The maximum atomic E-state index is 13.1. The fourth-order valence-corrected chi connectivity index (χ4v) is 2.26. The maximum Gasteiger partial charge on any atom is 0.310 e. The van der Waals surface area contributed by atoms with Crippen molar-refractivity contribution in [2.45, 2.75) is 13.0 Å². The van der Waals surface area contributed by atoms with Gasteiger partial charge in [-0.25, -0.2) is 4.39 Å². The lowest BCUT2D eigenvalue weighted by molar-refractivity contribution is -0.144. The Balaban J connectivity index is 1.58. The molecule has 1 heterocycles. The zero-order valence-electron chi connectivity index (χ0n) is 12.4. The van der Waals surface area contributed by atoms with Crippen LogP contribution in [-0.4, -0.2) is 16.1 Å². The quantitative estimate of drug-likeness (QED) is 0.657. The summed E-state index contributed by atoms with van der Waals surface area (Å²) in [7, 11) is 0. The lowest BCUT2D eigenvalue weighted by Gasteiger charge is -2.02. The second-order valence-corrected chi connectivity index (χ2v) is 5.43. The van der Waals surface area contributed by atoms with Crippen LogP contribution in [0.1, 0.15) is 11.5 Å². The summed E-state index contributed by atoms with van der Waals surface area (Å²) in [5.41, 5.74) is 1.23. The molecule has 5 nitrogen and oxygen atoms in total. The molecular formula is C17H12ClFN2O3. The summed E-state index contributed by atoms with van der Waals surface area (Å²) in [5.74, 6) is -0.391. The molecule has 7 heteroatoms. The Labute approximate surface area is 142 Å². The highest BCUT2D eigenvalue weighted by molar-refractivity contribution is 6.30. The van der Waals surface area contributed by atoms with Crippen molar-refractivity contribution < 1.29 is 18.4 Å². The van der Waals surface area contributed by atoms with Gasteiger partial charge in [0.1, 0.15) is 5.82 Å². The number of nitrogens with zero attached hydrogens (tertiary/aromatic N) is 2. The predicted molar refractivity (Wildman–Crippen MR) is 84.6 cm³/mol. The van der Waals surface area contributed by atoms with Crippen molar-refractivity contribution in [2.75, 3.05) is 0 Å². The van der Waals surface area contributed by atoms with Crippen molar-refractivity contribution >= 4 is 17.6 Å². The first-order valence-electron chi connectivity index (χ1n) is 7.09. The van der Waals surface area contributed by atoms with Crippen molar-refractivity contribution in [3.05, 3.63) is 70.8 Å². The molecule has 0 fully saturated rings. The number of hydrogen-bond acceptors (Lipinski definition) is 5. The molecule has 1 aromatic heterocycles. The summed E-state index contributed by atoms with van der Waals surface area (Å²) >= 11 is 5.91. The average Bonchev–Trinajstić information content (AvgIpc) is 3.02. The van der Waals surface area contributed by atoms with Crippen molar-refractivity contribution in [3.63, 3.8) is 0 Å². The first kappa shape index (κ1) is 16.1. The van der Waals surface area contributed by atoms with Crippen LogP contribution in [0.15, 0.2) is 53.1 Å². The van der Waals surface area contributed by atoms with Crippen LogP contribution in [0, 0.1) is 5.82 Å². The number of rotatable bonds is 5. The van der Waals surface area contributed by atoms with E-state index in [1.54, 1.807) is 30.3 Å². The van der Waals surface area contributed by atoms with E-state index in [4.69, 9.17) is 20.9 Å². The van der Waals surface area contributed by atoms with Gasteiger partial charge in [-0.1, -0.05) is 41.0 Å². The van der Waals surface area contributed by atoms with Gasteiger partial charge in [-0.15, -0.1) is 0 Å². The van der Waals surface area contributed by atoms with Crippen LogP contribution in [0.3, 0.4) is 0 Å². The Morgan fingerprint density at radius 1 is 1.21 bits per heavy atom. The van der Waals surface area contributed by atoms with Crippen molar-refractivity contribution in [3.8, 4) is 11.4 Å². The lowest BCUT2D eigenvalue weighted by Crippen LogP contribution is -2.08. The number of benzene rings is 2. The Morgan fingerprint density at radius 2 is 2.04 bits per heavy atom.